The number of benzene rings is 2. The van der Waals surface area contributed by atoms with Gasteiger partial charge in [-0.15, -0.1) is 0 Å². The van der Waals surface area contributed by atoms with Gasteiger partial charge in [-0.1, -0.05) is 6.07 Å². The van der Waals surface area contributed by atoms with Crippen molar-refractivity contribution in [3.63, 3.8) is 0 Å². The fourth-order valence-electron chi connectivity index (χ4n) is 4.12. The molecule has 4 rings (SSSR count). The van der Waals surface area contributed by atoms with Gasteiger partial charge in [0.05, 0.1) is 22.5 Å². The summed E-state index contributed by atoms with van der Waals surface area (Å²) in [5.41, 5.74) is 2.45. The van der Waals surface area contributed by atoms with Crippen LogP contribution in [-0.2, 0) is 11.8 Å². The van der Waals surface area contributed by atoms with Crippen molar-refractivity contribution in [1.29, 1.82) is 0 Å². The van der Waals surface area contributed by atoms with Crippen molar-refractivity contribution < 1.29 is 18.7 Å². The molecule has 0 radical (unpaired) electrons. The number of hydrogen-bond acceptors (Lipinski definition) is 5. The van der Waals surface area contributed by atoms with E-state index in [2.05, 4.69) is 31.2 Å². The van der Waals surface area contributed by atoms with Crippen LogP contribution in [-0.4, -0.2) is 60.0 Å². The number of halogens is 2. The summed E-state index contributed by atoms with van der Waals surface area (Å²) in [6.07, 6.45) is 4.13. The molecule has 0 bridgehead atoms. The standard InChI is InChI=1S/C25H28BrFN4O3/c1-30-24(22(26)16-28-30)21-15-19(29-25(32)17-4-3-5-18(27)14-17)6-7-23(21)34-13-12-31-10-8-20(33-2)9-11-31/h3-7,14-16,20H,8-13H2,1-2H3,(H,29,32). The van der Waals surface area contributed by atoms with Crippen LogP contribution < -0.4 is 10.1 Å². The number of nitrogens with one attached hydrogen (secondary N) is 1. The number of ether oxygens (including phenoxy) is 2. The second-order valence-electron chi connectivity index (χ2n) is 8.27. The number of methoxy groups -OCH3 is 1. The maximum Gasteiger partial charge on any atom is 0.255 e. The highest BCUT2D eigenvalue weighted by molar-refractivity contribution is 9.10. The first-order valence-corrected chi connectivity index (χ1v) is 12.0. The largest absolute Gasteiger partial charge is 0.492 e. The average Bonchev–Trinajstić information content (AvgIpc) is 3.18. The Morgan fingerprint density at radius 3 is 2.71 bits per heavy atom. The molecule has 0 atom stereocenters. The Balaban J connectivity index is 1.50. The number of aromatic nitrogens is 2. The smallest absolute Gasteiger partial charge is 0.255 e. The fourth-order valence-corrected chi connectivity index (χ4v) is 4.68. The molecule has 1 fully saturated rings. The summed E-state index contributed by atoms with van der Waals surface area (Å²) in [5.74, 6) is -0.148. The van der Waals surface area contributed by atoms with Gasteiger partial charge in [-0.25, -0.2) is 4.39 Å². The van der Waals surface area contributed by atoms with Gasteiger partial charge in [0, 0.05) is 50.6 Å². The molecule has 3 aromatic rings. The third kappa shape index (κ3) is 5.84. The van der Waals surface area contributed by atoms with E-state index in [0.717, 1.165) is 48.2 Å². The molecule has 9 heteroatoms. The van der Waals surface area contributed by atoms with Crippen molar-refractivity contribution in [2.75, 3.05) is 38.7 Å². The minimum Gasteiger partial charge on any atom is -0.492 e. The zero-order valence-corrected chi connectivity index (χ0v) is 20.8. The maximum atomic E-state index is 13.5. The van der Waals surface area contributed by atoms with Crippen LogP contribution in [0.4, 0.5) is 10.1 Å². The number of carbonyl (C=O) groups is 1. The summed E-state index contributed by atoms with van der Waals surface area (Å²) in [6.45, 7) is 3.34. The second-order valence-corrected chi connectivity index (χ2v) is 9.12. The fraction of sp³-hybridized carbons (Fsp3) is 0.360. The number of hydrogen-bond donors (Lipinski definition) is 1. The van der Waals surface area contributed by atoms with E-state index in [-0.39, 0.29) is 11.5 Å². The molecule has 1 aliphatic rings. The minimum atomic E-state index is -0.456. The van der Waals surface area contributed by atoms with Gasteiger partial charge in [-0.05, 0) is 65.2 Å². The number of aryl methyl sites for hydroxylation is 1. The van der Waals surface area contributed by atoms with Crippen molar-refractivity contribution in [3.8, 4) is 17.0 Å². The third-order valence-corrected chi connectivity index (χ3v) is 6.59. The number of piperidine rings is 1. The number of carbonyl (C=O) groups excluding carboxylic acids is 1. The van der Waals surface area contributed by atoms with E-state index in [4.69, 9.17) is 9.47 Å². The van der Waals surface area contributed by atoms with Crippen LogP contribution in [0.3, 0.4) is 0 Å². The molecule has 7 nitrogen and oxygen atoms in total. The first-order chi connectivity index (χ1) is 16.4. The molecule has 0 saturated carbocycles. The predicted octanol–water partition coefficient (Wildman–Crippen LogP) is 4.73. The van der Waals surface area contributed by atoms with Crippen molar-refractivity contribution in [2.45, 2.75) is 18.9 Å². The zero-order valence-electron chi connectivity index (χ0n) is 19.3. The Kier molecular flexibility index (Phi) is 7.97. The molecule has 34 heavy (non-hydrogen) atoms. The van der Waals surface area contributed by atoms with Gasteiger partial charge in [-0.2, -0.15) is 5.10 Å². The van der Waals surface area contributed by atoms with E-state index in [0.29, 0.717) is 24.1 Å². The van der Waals surface area contributed by atoms with Gasteiger partial charge in [-0.3, -0.25) is 14.4 Å². The highest BCUT2D eigenvalue weighted by Crippen LogP contribution is 2.37. The van der Waals surface area contributed by atoms with E-state index in [1.54, 1.807) is 30.1 Å². The summed E-state index contributed by atoms with van der Waals surface area (Å²) < 4.78 is 27.7. The van der Waals surface area contributed by atoms with Crippen molar-refractivity contribution in [1.82, 2.24) is 14.7 Å². The van der Waals surface area contributed by atoms with Gasteiger partial charge in [0.1, 0.15) is 18.2 Å². The van der Waals surface area contributed by atoms with E-state index in [1.165, 1.54) is 18.2 Å². The first-order valence-electron chi connectivity index (χ1n) is 11.2. The topological polar surface area (TPSA) is 68.6 Å². The van der Waals surface area contributed by atoms with Crippen LogP contribution in [0, 0.1) is 5.82 Å². The normalized spacial score (nSPS) is 14.8. The Labute approximate surface area is 207 Å². The van der Waals surface area contributed by atoms with E-state index in [9.17, 15) is 9.18 Å². The predicted molar refractivity (Wildman–Crippen MR) is 133 cm³/mol. The number of likely N-dealkylation sites (tertiary alicyclic amines) is 1. The number of amides is 1. The Hall–Kier alpha value is -2.75. The van der Waals surface area contributed by atoms with E-state index >= 15 is 0 Å². The van der Waals surface area contributed by atoms with E-state index in [1.807, 2.05) is 19.2 Å². The summed E-state index contributed by atoms with van der Waals surface area (Å²) in [4.78, 5) is 15.0. The zero-order chi connectivity index (χ0) is 24.1. The highest BCUT2D eigenvalue weighted by Gasteiger charge is 2.20. The molecule has 0 aliphatic carbocycles. The van der Waals surface area contributed by atoms with Crippen LogP contribution in [0.2, 0.25) is 0 Å². The van der Waals surface area contributed by atoms with Gasteiger partial charge in [0.25, 0.3) is 5.91 Å². The van der Waals surface area contributed by atoms with Crippen molar-refractivity contribution in [3.05, 3.63) is 64.5 Å². The molecule has 1 aliphatic heterocycles. The van der Waals surface area contributed by atoms with Gasteiger partial charge in [0.15, 0.2) is 0 Å². The third-order valence-electron chi connectivity index (χ3n) is 6.01. The second kappa shape index (κ2) is 11.1. The van der Waals surface area contributed by atoms with Gasteiger partial charge < -0.3 is 14.8 Å². The molecule has 0 unspecified atom stereocenters. The Morgan fingerprint density at radius 2 is 2.03 bits per heavy atom. The van der Waals surface area contributed by atoms with Crippen LogP contribution in [0.5, 0.6) is 5.75 Å². The summed E-state index contributed by atoms with van der Waals surface area (Å²) in [7, 11) is 3.62. The maximum absolute atomic E-state index is 13.5. The van der Waals surface area contributed by atoms with Crippen molar-refractivity contribution >= 4 is 27.5 Å². The van der Waals surface area contributed by atoms with Gasteiger partial charge >= 0.3 is 0 Å². The molecular weight excluding hydrogens is 503 g/mol. The quantitative estimate of drug-likeness (QED) is 0.455. The molecule has 1 saturated heterocycles. The molecular formula is C25H28BrFN4O3. The Morgan fingerprint density at radius 1 is 1.24 bits per heavy atom. The molecule has 180 valence electrons. The summed E-state index contributed by atoms with van der Waals surface area (Å²) in [6, 6.07) is 11.1. The Bertz CT molecular complexity index is 1130. The summed E-state index contributed by atoms with van der Waals surface area (Å²) >= 11 is 3.56. The molecule has 1 amide bonds. The molecule has 1 aromatic heterocycles. The SMILES string of the molecule is COC1CCN(CCOc2ccc(NC(=O)c3cccc(F)c3)cc2-c2c(Br)cnn2C)CC1. The summed E-state index contributed by atoms with van der Waals surface area (Å²) in [5, 5.41) is 7.16. The van der Waals surface area contributed by atoms with Crippen LogP contribution in [0.15, 0.2) is 53.1 Å². The molecule has 0 spiro atoms. The van der Waals surface area contributed by atoms with E-state index < -0.39 is 5.82 Å². The molecule has 2 aromatic carbocycles. The number of nitrogens with zero attached hydrogens (tertiary/aromatic N) is 3. The lowest BCUT2D eigenvalue weighted by Crippen LogP contribution is -2.38. The van der Waals surface area contributed by atoms with Crippen molar-refractivity contribution in [2.24, 2.45) is 7.05 Å². The van der Waals surface area contributed by atoms with Gasteiger partial charge in [0.2, 0.25) is 0 Å². The molecule has 2 heterocycles. The molecule has 1 N–H and O–H groups in total. The minimum absolute atomic E-state index is 0.251. The van der Waals surface area contributed by atoms with Crippen LogP contribution in [0.1, 0.15) is 23.2 Å². The number of anilines is 1. The average molecular weight is 531 g/mol. The highest BCUT2D eigenvalue weighted by atomic mass is 79.9. The first kappa shape index (κ1) is 24.4. The lowest BCUT2D eigenvalue weighted by molar-refractivity contribution is 0.0375. The lowest BCUT2D eigenvalue weighted by Gasteiger charge is -2.31. The lowest BCUT2D eigenvalue weighted by atomic mass is 10.1. The number of rotatable bonds is 8. The van der Waals surface area contributed by atoms with Crippen LogP contribution in [0.25, 0.3) is 11.3 Å². The van der Waals surface area contributed by atoms with Crippen LogP contribution >= 0.6 is 15.9 Å². The monoisotopic (exact) mass is 530 g/mol.